The molecule has 0 aliphatic carbocycles. The Labute approximate surface area is 159 Å². The molecule has 3 rings (SSSR count). The molecule has 0 saturated carbocycles. The Morgan fingerprint density at radius 1 is 1.08 bits per heavy atom. The summed E-state index contributed by atoms with van der Waals surface area (Å²) in [5.41, 5.74) is 0.338. The molecule has 26 heavy (non-hydrogen) atoms. The molecule has 2 aromatic carbocycles. The van der Waals surface area contributed by atoms with Crippen LogP contribution < -0.4 is 0 Å². The highest BCUT2D eigenvalue weighted by Crippen LogP contribution is 2.42. The Hall–Kier alpha value is -2.16. The van der Waals surface area contributed by atoms with E-state index in [0.29, 0.717) is 16.3 Å². The van der Waals surface area contributed by atoms with Crippen molar-refractivity contribution >= 4 is 40.2 Å². The second-order valence-corrected chi connectivity index (χ2v) is 6.83. The number of nitrogens with zero attached hydrogens (tertiary/aromatic N) is 2. The first-order valence-electron chi connectivity index (χ1n) is 6.94. The Morgan fingerprint density at radius 3 is 2.15 bits per heavy atom. The molecule has 1 heterocycles. The van der Waals surface area contributed by atoms with Crippen LogP contribution in [0.15, 0.2) is 41.8 Å². The second-order valence-electron chi connectivity index (χ2n) is 5.15. The molecule has 4 nitrogen and oxygen atoms in total. The zero-order chi connectivity index (χ0) is 19.1. The topological polar surface area (TPSA) is 56.0 Å². The molecule has 0 aliphatic heterocycles. The van der Waals surface area contributed by atoms with E-state index in [0.717, 1.165) is 23.5 Å². The van der Waals surface area contributed by atoms with Crippen molar-refractivity contribution in [3.8, 4) is 21.8 Å². The normalized spacial score (nSPS) is 11.6. The van der Waals surface area contributed by atoms with Gasteiger partial charge in [-0.2, -0.15) is 13.2 Å². The van der Waals surface area contributed by atoms with Crippen LogP contribution in [0.2, 0.25) is 10.0 Å². The lowest BCUT2D eigenvalue weighted by molar-refractivity contribution is -0.384. The van der Waals surface area contributed by atoms with Crippen molar-refractivity contribution in [3.63, 3.8) is 0 Å². The summed E-state index contributed by atoms with van der Waals surface area (Å²) in [4.78, 5) is 14.5. The highest BCUT2D eigenvalue weighted by molar-refractivity contribution is 7.13. The molecular formula is C16H7Cl2F3N2O2S. The number of thiazole rings is 1. The molecule has 0 spiro atoms. The molecule has 0 saturated heterocycles. The second kappa shape index (κ2) is 6.86. The number of rotatable bonds is 3. The van der Waals surface area contributed by atoms with Gasteiger partial charge in [-0.15, -0.1) is 11.3 Å². The number of hydrogen-bond donors (Lipinski definition) is 0. The van der Waals surface area contributed by atoms with Gasteiger partial charge in [-0.1, -0.05) is 23.2 Å². The summed E-state index contributed by atoms with van der Waals surface area (Å²) >= 11 is 13.1. The fourth-order valence-corrected chi connectivity index (χ4v) is 3.90. The summed E-state index contributed by atoms with van der Waals surface area (Å²) in [5.74, 6) is 0. The predicted octanol–water partition coefficient (Wildman–Crippen LogP) is 6.71. The molecule has 0 fully saturated rings. The van der Waals surface area contributed by atoms with Crippen LogP contribution >= 0.6 is 34.5 Å². The van der Waals surface area contributed by atoms with Crippen LogP contribution in [0.1, 0.15) is 5.56 Å². The first kappa shape index (κ1) is 18.6. The van der Waals surface area contributed by atoms with Crippen LogP contribution in [-0.4, -0.2) is 9.91 Å². The number of benzene rings is 2. The minimum atomic E-state index is -4.56. The summed E-state index contributed by atoms with van der Waals surface area (Å²) in [7, 11) is 0. The molecular weight excluding hydrogens is 412 g/mol. The Balaban J connectivity index is 1.99. The van der Waals surface area contributed by atoms with Gasteiger partial charge in [0.05, 0.1) is 26.2 Å². The summed E-state index contributed by atoms with van der Waals surface area (Å²) in [5, 5.41) is 12.4. The lowest BCUT2D eigenvalue weighted by atomic mass is 10.1. The largest absolute Gasteiger partial charge is 0.416 e. The summed E-state index contributed by atoms with van der Waals surface area (Å²) < 4.78 is 38.5. The van der Waals surface area contributed by atoms with E-state index in [4.69, 9.17) is 23.2 Å². The number of hydrogen-bond acceptors (Lipinski definition) is 4. The lowest BCUT2D eigenvalue weighted by Crippen LogP contribution is -2.05. The van der Waals surface area contributed by atoms with Crippen molar-refractivity contribution in [2.75, 3.05) is 0 Å². The van der Waals surface area contributed by atoms with Crippen LogP contribution in [-0.2, 0) is 6.18 Å². The van der Waals surface area contributed by atoms with Crippen LogP contribution in [0.5, 0.6) is 0 Å². The molecule has 1 aromatic heterocycles. The van der Waals surface area contributed by atoms with E-state index >= 15 is 0 Å². The molecule has 0 unspecified atom stereocenters. The molecule has 3 aromatic rings. The van der Waals surface area contributed by atoms with Crippen molar-refractivity contribution in [3.05, 3.63) is 67.5 Å². The molecule has 0 radical (unpaired) electrons. The van der Waals surface area contributed by atoms with Crippen LogP contribution in [0.3, 0.4) is 0 Å². The standard InChI is InChI=1S/C16H7Cl2F3N2O2S/c17-11-5-9(16(19,20)21)6-12(18)14(11)15-22-13(7-26-15)8-1-3-10(4-2-8)23(24)25/h1-7H. The monoisotopic (exact) mass is 418 g/mol. The smallest absolute Gasteiger partial charge is 0.258 e. The van der Waals surface area contributed by atoms with Gasteiger partial charge in [0, 0.05) is 28.6 Å². The van der Waals surface area contributed by atoms with E-state index in [1.165, 1.54) is 24.3 Å². The maximum Gasteiger partial charge on any atom is 0.416 e. The first-order valence-corrected chi connectivity index (χ1v) is 8.57. The van der Waals surface area contributed by atoms with Gasteiger partial charge in [-0.05, 0) is 24.3 Å². The zero-order valence-electron chi connectivity index (χ0n) is 12.6. The quantitative estimate of drug-likeness (QED) is 0.350. The number of alkyl halides is 3. The predicted molar refractivity (Wildman–Crippen MR) is 94.7 cm³/mol. The van der Waals surface area contributed by atoms with Crippen LogP contribution in [0.4, 0.5) is 18.9 Å². The molecule has 0 atom stereocenters. The van der Waals surface area contributed by atoms with Crippen molar-refractivity contribution in [2.45, 2.75) is 6.18 Å². The highest BCUT2D eigenvalue weighted by Gasteiger charge is 2.32. The number of non-ortho nitro benzene ring substituents is 1. The minimum absolute atomic E-state index is 0.0574. The van der Waals surface area contributed by atoms with Gasteiger partial charge in [0.2, 0.25) is 0 Å². The molecule has 0 N–H and O–H groups in total. The molecule has 134 valence electrons. The van der Waals surface area contributed by atoms with Crippen LogP contribution in [0.25, 0.3) is 21.8 Å². The average Bonchev–Trinajstić information content (AvgIpc) is 3.03. The number of aromatic nitrogens is 1. The third kappa shape index (κ3) is 3.67. The van der Waals surface area contributed by atoms with E-state index in [-0.39, 0.29) is 21.3 Å². The molecule has 0 aliphatic rings. The van der Waals surface area contributed by atoms with E-state index in [9.17, 15) is 23.3 Å². The Kier molecular flexibility index (Phi) is 4.92. The van der Waals surface area contributed by atoms with Gasteiger partial charge in [-0.3, -0.25) is 10.1 Å². The van der Waals surface area contributed by atoms with Gasteiger partial charge < -0.3 is 0 Å². The van der Waals surface area contributed by atoms with E-state index in [1.807, 2.05) is 0 Å². The Morgan fingerprint density at radius 2 is 1.65 bits per heavy atom. The lowest BCUT2D eigenvalue weighted by Gasteiger charge is -2.10. The number of nitro benzene ring substituents is 1. The van der Waals surface area contributed by atoms with Gasteiger partial charge in [0.1, 0.15) is 5.01 Å². The van der Waals surface area contributed by atoms with Gasteiger partial charge in [0.25, 0.3) is 5.69 Å². The SMILES string of the molecule is O=[N+]([O-])c1ccc(-c2csc(-c3c(Cl)cc(C(F)(F)F)cc3Cl)n2)cc1. The summed E-state index contributed by atoms with van der Waals surface area (Å²) in [6, 6.07) is 7.35. The summed E-state index contributed by atoms with van der Waals surface area (Å²) in [6.07, 6.45) is -4.56. The highest BCUT2D eigenvalue weighted by atomic mass is 35.5. The van der Waals surface area contributed by atoms with E-state index in [1.54, 1.807) is 5.38 Å². The fraction of sp³-hybridized carbons (Fsp3) is 0.0625. The minimum Gasteiger partial charge on any atom is -0.258 e. The van der Waals surface area contributed by atoms with E-state index in [2.05, 4.69) is 4.98 Å². The van der Waals surface area contributed by atoms with Gasteiger partial charge in [0.15, 0.2) is 0 Å². The fourth-order valence-electron chi connectivity index (χ4n) is 2.22. The van der Waals surface area contributed by atoms with Gasteiger partial charge in [-0.25, -0.2) is 4.98 Å². The average molecular weight is 419 g/mol. The van der Waals surface area contributed by atoms with Crippen molar-refractivity contribution < 1.29 is 18.1 Å². The number of halogens is 5. The maximum absolute atomic E-state index is 12.8. The third-order valence-electron chi connectivity index (χ3n) is 3.46. The van der Waals surface area contributed by atoms with E-state index < -0.39 is 16.7 Å². The maximum atomic E-state index is 12.8. The Bertz CT molecular complexity index is 965. The summed E-state index contributed by atoms with van der Waals surface area (Å²) in [6.45, 7) is 0. The van der Waals surface area contributed by atoms with Crippen molar-refractivity contribution in [1.82, 2.24) is 4.98 Å². The molecule has 0 amide bonds. The number of nitro groups is 1. The first-order chi connectivity index (χ1) is 12.2. The molecule has 10 heteroatoms. The van der Waals surface area contributed by atoms with Crippen molar-refractivity contribution in [1.29, 1.82) is 0 Å². The van der Waals surface area contributed by atoms with Crippen molar-refractivity contribution in [2.24, 2.45) is 0 Å². The van der Waals surface area contributed by atoms with Gasteiger partial charge >= 0.3 is 6.18 Å². The molecule has 0 bridgehead atoms. The third-order valence-corrected chi connectivity index (χ3v) is 4.92. The zero-order valence-corrected chi connectivity index (χ0v) is 14.9. The van der Waals surface area contributed by atoms with Crippen LogP contribution in [0, 0.1) is 10.1 Å².